The number of carbonyl (C=O) groups excluding carboxylic acids is 7. The lowest BCUT2D eigenvalue weighted by Gasteiger charge is -2.44. The second-order valence-corrected chi connectivity index (χ2v) is 22.4. The van der Waals surface area contributed by atoms with Crippen LogP contribution in [0.4, 0.5) is 5.69 Å². The standard InChI is InChI=1S/C55H89BrN10O9/c1-17-35(6)47(65(14)31-55(32-67,34(4)5)63-52(72)46(33(2)3)64(12)13)43(74-15)27-45(68)66-25-19-22-42(66)48(75-16)36(7)49(69)57-24-23-39-20-18-21-41(26-39)62-51(71)37(8)60-50(70)38(9)61-53(73)54(10,11)40-29-58-44(28-56)59-30-40/h18,20-21,26,29-30,32-38,42-43,46-48H,17,19,22-25,27-28,31H2,1-16H3,(H,57,69)(H,60,70)(H,61,73)(H,62,71)(H,63,72)/t35-,36+,37-,38-,42-,43+,46-,47-,48+,55?/m0/s1. The average molecular weight is 1110 g/mol. The summed E-state index contributed by atoms with van der Waals surface area (Å²) in [6.45, 7) is 21.3. The van der Waals surface area contributed by atoms with Gasteiger partial charge in [0, 0.05) is 63.5 Å². The SMILES string of the molecule is CC[C@H](C)[C@@H]([C@@H](CC(=O)N1CCC[C@H]1[C@H](OC)[C@@H](C)C(=O)NCCc1cccc(NC(=O)[C@H](C)NC(=O)[C@H](C)NC(=O)C(C)(C)c2cnc(CBr)nc2)c1)OC)N(C)CC(C=O)(NC(=O)[C@H](C(C)C)N(C)C)C(C)C. The molecule has 5 N–H and O–H groups in total. The molecule has 1 unspecified atom stereocenters. The van der Waals surface area contributed by atoms with E-state index in [1.807, 2.05) is 64.7 Å². The largest absolute Gasteiger partial charge is 0.379 e. The molecule has 2 aromatic rings. The van der Waals surface area contributed by atoms with E-state index in [2.05, 4.69) is 71.2 Å². The number of likely N-dealkylation sites (tertiary alicyclic amines) is 1. The molecule has 75 heavy (non-hydrogen) atoms. The predicted octanol–water partition coefficient (Wildman–Crippen LogP) is 4.65. The Morgan fingerprint density at radius 1 is 0.893 bits per heavy atom. The van der Waals surface area contributed by atoms with Crippen LogP contribution in [-0.4, -0.2) is 169 Å². The van der Waals surface area contributed by atoms with E-state index in [1.165, 1.54) is 0 Å². The maximum Gasteiger partial charge on any atom is 0.246 e. The molecule has 0 radical (unpaired) electrons. The van der Waals surface area contributed by atoms with Gasteiger partial charge in [-0.05, 0) is 104 Å². The Morgan fingerprint density at radius 3 is 2.08 bits per heavy atom. The number of hydrogen-bond donors (Lipinski definition) is 5. The Morgan fingerprint density at radius 2 is 1.53 bits per heavy atom. The number of methoxy groups -OCH3 is 2. The quantitative estimate of drug-likeness (QED) is 0.0531. The van der Waals surface area contributed by atoms with Crippen LogP contribution in [-0.2, 0) is 60.2 Å². The summed E-state index contributed by atoms with van der Waals surface area (Å²) < 4.78 is 12.2. The number of carbonyl (C=O) groups is 7. The van der Waals surface area contributed by atoms with E-state index < -0.39 is 64.9 Å². The lowest BCUT2D eigenvalue weighted by atomic mass is 9.84. The normalized spacial score (nSPS) is 18.0. The van der Waals surface area contributed by atoms with E-state index >= 15 is 0 Å². The van der Waals surface area contributed by atoms with Crippen molar-refractivity contribution < 1.29 is 43.0 Å². The smallest absolute Gasteiger partial charge is 0.246 e. The van der Waals surface area contributed by atoms with Gasteiger partial charge in [0.05, 0.1) is 47.4 Å². The molecule has 20 heteroatoms. The second kappa shape index (κ2) is 29.6. The highest BCUT2D eigenvalue weighted by atomic mass is 79.9. The highest BCUT2D eigenvalue weighted by molar-refractivity contribution is 9.08. The number of nitrogens with one attached hydrogen (secondary N) is 5. The topological polar surface area (TPSA) is 234 Å². The van der Waals surface area contributed by atoms with Crippen LogP contribution < -0.4 is 26.6 Å². The molecular formula is C55H89BrN10O9. The van der Waals surface area contributed by atoms with Gasteiger partial charge in [-0.25, -0.2) is 9.97 Å². The van der Waals surface area contributed by atoms with Gasteiger partial charge in [0.15, 0.2) is 0 Å². The van der Waals surface area contributed by atoms with Gasteiger partial charge in [-0.15, -0.1) is 0 Å². The van der Waals surface area contributed by atoms with Crippen molar-refractivity contribution in [2.24, 2.45) is 23.7 Å². The molecule has 3 rings (SSSR count). The van der Waals surface area contributed by atoms with Crippen molar-refractivity contribution >= 4 is 63.3 Å². The molecule has 0 saturated carbocycles. The van der Waals surface area contributed by atoms with Crippen molar-refractivity contribution in [1.82, 2.24) is 45.9 Å². The zero-order valence-corrected chi connectivity index (χ0v) is 49.1. The molecule has 2 heterocycles. The van der Waals surface area contributed by atoms with Crippen molar-refractivity contribution in [3.8, 4) is 0 Å². The van der Waals surface area contributed by atoms with Gasteiger partial charge in [-0.1, -0.05) is 82.9 Å². The first kappa shape index (κ1) is 64.4. The van der Waals surface area contributed by atoms with Crippen molar-refractivity contribution in [2.45, 2.75) is 167 Å². The molecule has 10 atom stereocenters. The van der Waals surface area contributed by atoms with Gasteiger partial charge in [-0.3, -0.25) is 38.6 Å². The summed E-state index contributed by atoms with van der Waals surface area (Å²) in [5, 5.41) is 14.9. The summed E-state index contributed by atoms with van der Waals surface area (Å²) in [5.74, 6) is -2.14. The lowest BCUT2D eigenvalue weighted by Crippen LogP contribution is -2.65. The molecule has 1 saturated heterocycles. The summed E-state index contributed by atoms with van der Waals surface area (Å²) in [5.41, 5.74) is -0.280. The minimum Gasteiger partial charge on any atom is -0.379 e. The number of anilines is 1. The maximum atomic E-state index is 14.4. The molecule has 19 nitrogen and oxygen atoms in total. The van der Waals surface area contributed by atoms with Crippen LogP contribution in [0.5, 0.6) is 0 Å². The van der Waals surface area contributed by atoms with E-state index in [9.17, 15) is 33.6 Å². The molecule has 1 fully saturated rings. The van der Waals surface area contributed by atoms with E-state index in [0.29, 0.717) is 48.3 Å². The summed E-state index contributed by atoms with van der Waals surface area (Å²) in [6, 6.07) is 4.27. The van der Waals surface area contributed by atoms with Crippen LogP contribution >= 0.6 is 15.9 Å². The number of aromatic nitrogens is 2. The first-order chi connectivity index (χ1) is 35.2. The Bertz CT molecular complexity index is 2210. The molecular weight excluding hydrogens is 1020 g/mol. The van der Waals surface area contributed by atoms with E-state index in [1.54, 1.807) is 79.4 Å². The lowest BCUT2D eigenvalue weighted by molar-refractivity contribution is -0.143. The summed E-state index contributed by atoms with van der Waals surface area (Å²) in [4.78, 5) is 109. The van der Waals surface area contributed by atoms with E-state index in [0.717, 1.165) is 24.7 Å². The van der Waals surface area contributed by atoms with Crippen molar-refractivity contribution in [3.63, 3.8) is 0 Å². The van der Waals surface area contributed by atoms with Crippen LogP contribution in [0.15, 0.2) is 36.7 Å². The first-order valence-corrected chi connectivity index (χ1v) is 27.5. The van der Waals surface area contributed by atoms with Gasteiger partial charge in [0.1, 0.15) is 29.7 Å². The molecule has 1 aliphatic rings. The van der Waals surface area contributed by atoms with Crippen LogP contribution in [0.2, 0.25) is 0 Å². The minimum atomic E-state index is -1.20. The number of alkyl halides is 1. The van der Waals surface area contributed by atoms with Crippen LogP contribution in [0, 0.1) is 23.7 Å². The molecule has 0 spiro atoms. The fourth-order valence-corrected chi connectivity index (χ4v) is 10.3. The Labute approximate surface area is 455 Å². The highest BCUT2D eigenvalue weighted by Crippen LogP contribution is 2.31. The third-order valence-electron chi connectivity index (χ3n) is 15.1. The van der Waals surface area contributed by atoms with Gasteiger partial charge in [0.2, 0.25) is 35.4 Å². The van der Waals surface area contributed by atoms with E-state index in [-0.39, 0.29) is 60.5 Å². The van der Waals surface area contributed by atoms with E-state index in [4.69, 9.17) is 9.47 Å². The molecule has 6 amide bonds. The monoisotopic (exact) mass is 1110 g/mol. The van der Waals surface area contributed by atoms with Gasteiger partial charge in [0.25, 0.3) is 0 Å². The maximum absolute atomic E-state index is 14.4. The van der Waals surface area contributed by atoms with Crippen LogP contribution in [0.1, 0.15) is 119 Å². The Hall–Kier alpha value is -4.89. The van der Waals surface area contributed by atoms with Crippen LogP contribution in [0.3, 0.4) is 0 Å². The number of likely N-dealkylation sites (N-methyl/N-ethyl adjacent to an activating group) is 2. The highest BCUT2D eigenvalue weighted by Gasteiger charge is 2.45. The predicted molar refractivity (Wildman–Crippen MR) is 295 cm³/mol. The summed E-state index contributed by atoms with van der Waals surface area (Å²) in [6.07, 6.45) is 5.59. The number of aldehydes is 1. The fraction of sp³-hybridized carbons (Fsp3) is 0.691. The Kier molecular flexibility index (Phi) is 25.4. The molecule has 1 aromatic heterocycles. The minimum absolute atomic E-state index is 0.0139. The number of halogens is 1. The van der Waals surface area contributed by atoms with Gasteiger partial charge in [-0.2, -0.15) is 0 Å². The Balaban J connectivity index is 1.61. The average Bonchev–Trinajstić information content (AvgIpc) is 3.85. The van der Waals surface area contributed by atoms with Crippen molar-refractivity contribution in [2.75, 3.05) is 60.3 Å². The molecule has 0 aliphatic carbocycles. The number of ether oxygens (including phenoxy) is 2. The third kappa shape index (κ3) is 17.3. The van der Waals surface area contributed by atoms with Crippen molar-refractivity contribution in [1.29, 1.82) is 0 Å². The molecule has 1 aromatic carbocycles. The number of rotatable bonds is 30. The van der Waals surface area contributed by atoms with Crippen LogP contribution in [0.25, 0.3) is 0 Å². The molecule has 1 aliphatic heterocycles. The second-order valence-electron chi connectivity index (χ2n) is 21.8. The number of amides is 6. The zero-order valence-electron chi connectivity index (χ0n) is 47.5. The number of nitrogens with zero attached hydrogens (tertiary/aromatic N) is 5. The number of benzene rings is 1. The van der Waals surface area contributed by atoms with Gasteiger partial charge < -0.3 is 45.8 Å². The first-order valence-electron chi connectivity index (χ1n) is 26.4. The summed E-state index contributed by atoms with van der Waals surface area (Å²) >= 11 is 3.31. The molecule has 0 bridgehead atoms. The third-order valence-corrected chi connectivity index (χ3v) is 15.6. The number of hydrogen-bond acceptors (Lipinski definition) is 13. The van der Waals surface area contributed by atoms with Gasteiger partial charge >= 0.3 is 0 Å². The molecule has 420 valence electrons. The summed E-state index contributed by atoms with van der Waals surface area (Å²) in [7, 11) is 8.79. The van der Waals surface area contributed by atoms with Crippen molar-refractivity contribution in [3.05, 3.63) is 53.6 Å². The zero-order chi connectivity index (χ0) is 56.5. The fourth-order valence-electron chi connectivity index (χ4n) is 10.0.